The molecule has 0 aliphatic heterocycles. The third-order valence-corrected chi connectivity index (χ3v) is 15.1. The van der Waals surface area contributed by atoms with Crippen molar-refractivity contribution in [2.75, 3.05) is 24.2 Å². The minimum atomic E-state index is -4.29. The van der Waals surface area contributed by atoms with E-state index in [2.05, 4.69) is 47.0 Å². The smallest absolute Gasteiger partial charge is 0.300 e. The van der Waals surface area contributed by atoms with Crippen LogP contribution < -0.4 is 16.0 Å². The van der Waals surface area contributed by atoms with Crippen molar-refractivity contribution in [2.45, 2.75) is 122 Å². The van der Waals surface area contributed by atoms with E-state index >= 15 is 0 Å². The van der Waals surface area contributed by atoms with E-state index in [0.29, 0.717) is 55.2 Å². The molecule has 1 aromatic heterocycles. The van der Waals surface area contributed by atoms with Gasteiger partial charge in [0.25, 0.3) is 10.1 Å². The normalized spacial score (nSPS) is 32.8. The van der Waals surface area contributed by atoms with Crippen molar-refractivity contribution >= 4 is 44.3 Å². The molecule has 4 saturated carbocycles. The highest BCUT2D eigenvalue weighted by Crippen LogP contribution is 2.68. The van der Waals surface area contributed by atoms with Gasteiger partial charge in [-0.2, -0.15) is 8.42 Å². The molecule has 0 bridgehead atoms. The molecule has 0 spiro atoms. The minimum Gasteiger partial charge on any atom is -0.393 e. The summed E-state index contributed by atoms with van der Waals surface area (Å²) in [6.07, 6.45) is 9.35. The van der Waals surface area contributed by atoms with Crippen LogP contribution in [0.25, 0.3) is 11.0 Å². The molecule has 1 heterocycles. The summed E-state index contributed by atoms with van der Waals surface area (Å²) < 4.78 is 36.3. The van der Waals surface area contributed by atoms with Crippen LogP contribution in [-0.2, 0) is 19.7 Å². The van der Waals surface area contributed by atoms with E-state index in [4.69, 9.17) is 9.18 Å². The van der Waals surface area contributed by atoms with Gasteiger partial charge < -0.3 is 26.2 Å². The number of hydrogen-bond donors (Lipinski definition) is 6. The highest BCUT2D eigenvalue weighted by molar-refractivity contribution is 7.85. The zero-order valence-electron chi connectivity index (χ0n) is 32.1. The lowest BCUT2D eigenvalue weighted by Gasteiger charge is -2.62. The summed E-state index contributed by atoms with van der Waals surface area (Å²) in [6, 6.07) is 1.91. The molecule has 4 aliphatic rings. The number of carbonyl (C=O) groups is 2. The Hall–Kier alpha value is -3.41. The summed E-state index contributed by atoms with van der Waals surface area (Å²) in [5.74, 6) is 0.730. The van der Waals surface area contributed by atoms with Crippen molar-refractivity contribution in [3.63, 3.8) is 0 Å². The van der Waals surface area contributed by atoms with Crippen LogP contribution in [0.5, 0.6) is 0 Å². The van der Waals surface area contributed by atoms with Gasteiger partial charge in [-0.05, 0) is 140 Å². The van der Waals surface area contributed by atoms with Gasteiger partial charge in [0.2, 0.25) is 17.3 Å². The number of aliphatic hydroxyl groups excluding tert-OH is 2. The molecule has 16 nitrogen and oxygen atoms in total. The third kappa shape index (κ3) is 8.79. The predicted octanol–water partition coefficient (Wildman–Crippen LogP) is 4.61. The lowest BCUT2D eigenvalue weighted by Crippen LogP contribution is -2.58. The second-order valence-electron chi connectivity index (χ2n) is 17.4. The summed E-state index contributed by atoms with van der Waals surface area (Å²) >= 11 is 0. The Bertz CT molecular complexity index is 1830. The number of benzene rings is 1. The monoisotopic (exact) mass is 790 g/mol. The molecule has 2 amide bonds. The summed E-state index contributed by atoms with van der Waals surface area (Å²) in [4.78, 5) is 37.2. The number of amides is 2. The maximum Gasteiger partial charge on any atom is 0.300 e. The summed E-state index contributed by atoms with van der Waals surface area (Å²) in [6.45, 7) is 7.16. The van der Waals surface area contributed by atoms with E-state index in [1.165, 1.54) is 12.1 Å². The molecule has 17 heteroatoms. The number of anilines is 1. The number of unbranched alkanes of at least 4 members (excludes halogenated alkanes) is 1. The van der Waals surface area contributed by atoms with Crippen LogP contribution in [0, 0.1) is 56.5 Å². The fourth-order valence-corrected chi connectivity index (χ4v) is 11.9. The number of rotatable bonds is 16. The number of carbonyl (C=O) groups excluding carboxylic acids is 2. The number of non-ortho nitro benzene ring substituents is 1. The maximum absolute atomic E-state index is 13.4. The van der Waals surface area contributed by atoms with Gasteiger partial charge in [-0.1, -0.05) is 20.8 Å². The van der Waals surface area contributed by atoms with Crippen molar-refractivity contribution in [2.24, 2.45) is 46.3 Å². The third-order valence-electron chi connectivity index (χ3n) is 14.4. The van der Waals surface area contributed by atoms with E-state index in [9.17, 15) is 38.3 Å². The highest BCUT2D eigenvalue weighted by atomic mass is 32.2. The van der Waals surface area contributed by atoms with E-state index in [1.807, 2.05) is 0 Å². The molecule has 55 heavy (non-hydrogen) atoms. The quantitative estimate of drug-likeness (QED) is 0.0589. The van der Waals surface area contributed by atoms with E-state index in [1.54, 1.807) is 0 Å². The second-order valence-corrected chi connectivity index (χ2v) is 19.0. The standard InChI is InChI=1S/C38H58N6O10S/c1-22(25-8-9-26-33-27(14-16-38(25,26)3)37(2)15-13-24(45)20-23(37)21-31(33)46)7-12-32(47)41-29(36(48)40-18-19-55(51,52)53)6-4-5-17-39-28-10-11-30(44(49)50)35-34(28)42-54-43-35/h10-11,22-27,29,31,33,39,45-46H,4-9,12-21H2,1-3H3,(H,40,48)(H,41,47)(H,51,52,53)/t22-,23?,24-,25-,26?,27?,29+,31?,33?,37+,38-/m1/s1. The Morgan fingerprint density at radius 2 is 1.73 bits per heavy atom. The van der Waals surface area contributed by atoms with Crippen LogP contribution >= 0.6 is 0 Å². The molecule has 0 saturated heterocycles. The SMILES string of the molecule is C[C@H](CCC(=O)N[C@@H](CCCCNc1ccc([N+](=O)[O-])c2nonc12)C(=O)NCCS(=O)(=O)O)[C@H]1CCC2C3C(O)CC4C[C@H](O)CC[C@]4(C)C3CC[C@@]21C. The lowest BCUT2D eigenvalue weighted by atomic mass is 9.43. The molecular weight excluding hydrogens is 733 g/mol. The molecule has 5 unspecified atom stereocenters. The summed E-state index contributed by atoms with van der Waals surface area (Å²) in [7, 11) is -4.29. The van der Waals surface area contributed by atoms with Gasteiger partial charge in [0.15, 0.2) is 5.52 Å². The molecule has 306 valence electrons. The van der Waals surface area contributed by atoms with Crippen LogP contribution in [0.4, 0.5) is 11.4 Å². The van der Waals surface area contributed by atoms with E-state index in [-0.39, 0.29) is 76.9 Å². The Labute approximate surface area is 322 Å². The Morgan fingerprint density at radius 3 is 2.47 bits per heavy atom. The van der Waals surface area contributed by atoms with Gasteiger partial charge in [0.05, 0.1) is 28.6 Å². The summed E-state index contributed by atoms with van der Waals surface area (Å²) in [5, 5.41) is 49.2. The predicted molar refractivity (Wildman–Crippen MR) is 203 cm³/mol. The minimum absolute atomic E-state index is 0.0277. The molecular formula is C38H58N6O10S. The molecule has 2 aromatic rings. The molecule has 11 atom stereocenters. The topological polar surface area (TPSA) is 247 Å². The number of nitrogens with one attached hydrogen (secondary N) is 3. The maximum atomic E-state index is 13.4. The van der Waals surface area contributed by atoms with Crippen molar-refractivity contribution in [1.82, 2.24) is 20.9 Å². The molecule has 1 aromatic carbocycles. The van der Waals surface area contributed by atoms with Crippen LogP contribution in [0.2, 0.25) is 0 Å². The van der Waals surface area contributed by atoms with Gasteiger partial charge in [-0.3, -0.25) is 24.3 Å². The number of nitro groups is 1. The van der Waals surface area contributed by atoms with Crippen molar-refractivity contribution in [3.05, 3.63) is 22.2 Å². The first-order valence-corrected chi connectivity index (χ1v) is 21.6. The number of nitro benzene ring substituents is 1. The number of nitrogens with zero attached hydrogens (tertiary/aromatic N) is 3. The largest absolute Gasteiger partial charge is 0.393 e. The second kappa shape index (κ2) is 16.6. The fourth-order valence-electron chi connectivity index (χ4n) is 11.5. The molecule has 0 radical (unpaired) electrons. The Kier molecular flexibility index (Phi) is 12.4. The van der Waals surface area contributed by atoms with Crippen molar-refractivity contribution in [3.8, 4) is 0 Å². The number of fused-ring (bicyclic) bond motifs is 6. The average Bonchev–Trinajstić information content (AvgIpc) is 3.75. The van der Waals surface area contributed by atoms with Gasteiger partial charge in [0.1, 0.15) is 6.04 Å². The zero-order valence-corrected chi connectivity index (χ0v) is 32.9. The van der Waals surface area contributed by atoms with E-state index in [0.717, 1.165) is 51.4 Å². The molecule has 6 rings (SSSR count). The summed E-state index contributed by atoms with van der Waals surface area (Å²) in [5.41, 5.74) is 0.761. The first-order valence-electron chi connectivity index (χ1n) is 20.0. The average molecular weight is 791 g/mol. The van der Waals surface area contributed by atoms with Gasteiger partial charge in [-0.25, -0.2) is 4.63 Å². The first kappa shape index (κ1) is 41.2. The van der Waals surface area contributed by atoms with Crippen LogP contribution in [0.3, 0.4) is 0 Å². The van der Waals surface area contributed by atoms with Gasteiger partial charge in [-0.15, -0.1) is 0 Å². The lowest BCUT2D eigenvalue weighted by molar-refractivity contribution is -0.383. The Balaban J connectivity index is 1.02. The van der Waals surface area contributed by atoms with E-state index < -0.39 is 32.7 Å². The molecule has 4 aliphatic carbocycles. The first-order chi connectivity index (χ1) is 26.0. The van der Waals surface area contributed by atoms with Crippen molar-refractivity contribution in [1.29, 1.82) is 0 Å². The van der Waals surface area contributed by atoms with Gasteiger partial charge in [0, 0.05) is 25.6 Å². The number of aliphatic hydroxyl groups is 2. The molecule has 6 N–H and O–H groups in total. The van der Waals surface area contributed by atoms with Crippen LogP contribution in [0.15, 0.2) is 16.8 Å². The van der Waals surface area contributed by atoms with Gasteiger partial charge >= 0.3 is 5.69 Å². The molecule has 4 fully saturated rings. The number of aromatic nitrogens is 2. The zero-order chi connectivity index (χ0) is 39.7. The van der Waals surface area contributed by atoms with Crippen molar-refractivity contribution < 1.29 is 42.3 Å². The number of hydrogen-bond acceptors (Lipinski definition) is 12. The van der Waals surface area contributed by atoms with Crippen LogP contribution in [0.1, 0.15) is 104 Å². The van der Waals surface area contributed by atoms with Crippen LogP contribution in [-0.4, -0.2) is 87.3 Å². The Morgan fingerprint density at radius 1 is 1.00 bits per heavy atom. The fraction of sp³-hybridized carbons (Fsp3) is 0.789. The highest BCUT2D eigenvalue weighted by Gasteiger charge is 2.62.